The van der Waals surface area contributed by atoms with Crippen molar-refractivity contribution >= 4 is 33.3 Å². The van der Waals surface area contributed by atoms with Crippen LogP contribution in [-0.2, 0) is 0 Å². The van der Waals surface area contributed by atoms with Crippen LogP contribution in [0.1, 0.15) is 26.3 Å². The molecule has 0 aromatic heterocycles. The summed E-state index contributed by atoms with van der Waals surface area (Å²) in [4.78, 5) is 0. The van der Waals surface area contributed by atoms with E-state index in [2.05, 4.69) is 93.6 Å². The average molecular weight is 383 g/mol. The second-order valence-corrected chi connectivity index (χ2v) is 12.5. The molecule has 2 aromatic rings. The monoisotopic (exact) mass is 382 g/mol. The van der Waals surface area contributed by atoms with Crippen LogP contribution in [0.3, 0.4) is 0 Å². The topological polar surface area (TPSA) is 0 Å². The van der Waals surface area contributed by atoms with Crippen molar-refractivity contribution in [3.8, 4) is 0 Å². The first-order valence-corrected chi connectivity index (χ1v) is 11.2. The van der Waals surface area contributed by atoms with Crippen molar-refractivity contribution in [3.05, 3.63) is 75.8 Å². The van der Waals surface area contributed by atoms with Crippen molar-refractivity contribution in [1.29, 1.82) is 0 Å². The molecule has 0 saturated heterocycles. The van der Waals surface area contributed by atoms with Crippen molar-refractivity contribution in [2.45, 2.75) is 20.8 Å². The maximum atomic E-state index is 2.38. The van der Waals surface area contributed by atoms with Crippen molar-refractivity contribution in [1.82, 2.24) is 0 Å². The molecule has 1 heterocycles. The number of allylic oxidation sites excluding steroid dienone is 3. The van der Waals surface area contributed by atoms with Crippen LogP contribution in [0.5, 0.6) is 0 Å². The third-order valence-electron chi connectivity index (χ3n) is 3.73. The van der Waals surface area contributed by atoms with E-state index in [0.29, 0.717) is 0 Å². The molecule has 0 fully saturated rings. The standard InChI is InChI=1S/C14H16.C6H5.Sb/c1-14(2,3)12-8-7-11-13-9-5-4-6-10-13;1-2-4-6-5-3-1;/h4-9,11H,1-3H3;1-5H;. The molecule has 0 unspecified atom stereocenters. The molecule has 0 saturated carbocycles. The van der Waals surface area contributed by atoms with Crippen LogP contribution in [0.25, 0.3) is 6.08 Å². The van der Waals surface area contributed by atoms with Gasteiger partial charge in [0.1, 0.15) is 0 Å². The van der Waals surface area contributed by atoms with E-state index in [4.69, 9.17) is 0 Å². The third kappa shape index (κ3) is 3.01. The molecule has 0 bridgehead atoms. The predicted molar refractivity (Wildman–Crippen MR) is 94.5 cm³/mol. The Morgan fingerprint density at radius 1 is 0.810 bits per heavy atom. The van der Waals surface area contributed by atoms with Crippen LogP contribution in [0.4, 0.5) is 0 Å². The zero-order chi connectivity index (χ0) is 14.9. The molecule has 1 aliphatic heterocycles. The number of rotatable bonds is 1. The van der Waals surface area contributed by atoms with E-state index in [1.807, 2.05) is 0 Å². The van der Waals surface area contributed by atoms with E-state index in [9.17, 15) is 0 Å². The zero-order valence-corrected chi connectivity index (χ0v) is 15.4. The SMILES string of the molecule is CC(C)(C)[C]1=CC=Cc2cccc[c]2[Sb]1[c]1ccccc1. The van der Waals surface area contributed by atoms with Gasteiger partial charge in [-0.2, -0.15) is 0 Å². The molecule has 2 aromatic carbocycles. The van der Waals surface area contributed by atoms with Crippen molar-refractivity contribution < 1.29 is 0 Å². The van der Waals surface area contributed by atoms with Crippen LogP contribution in [0, 0.1) is 5.41 Å². The second kappa shape index (κ2) is 5.85. The van der Waals surface area contributed by atoms with Gasteiger partial charge in [-0.25, -0.2) is 0 Å². The predicted octanol–water partition coefficient (Wildman–Crippen LogP) is 3.83. The third-order valence-corrected chi connectivity index (χ3v) is 12.3. The van der Waals surface area contributed by atoms with E-state index in [1.165, 1.54) is 5.56 Å². The normalized spacial score (nSPS) is 15.3. The first-order valence-electron chi connectivity index (χ1n) is 7.40. The minimum atomic E-state index is -1.91. The first-order chi connectivity index (χ1) is 10.1. The van der Waals surface area contributed by atoms with Gasteiger partial charge in [-0.1, -0.05) is 0 Å². The van der Waals surface area contributed by atoms with Gasteiger partial charge in [0.25, 0.3) is 0 Å². The first kappa shape index (κ1) is 14.7. The number of hydrogen-bond donors (Lipinski definition) is 0. The Morgan fingerprint density at radius 3 is 2.19 bits per heavy atom. The molecule has 0 amide bonds. The quantitative estimate of drug-likeness (QED) is 0.657. The van der Waals surface area contributed by atoms with E-state index >= 15 is 0 Å². The van der Waals surface area contributed by atoms with E-state index < -0.39 is 20.2 Å². The summed E-state index contributed by atoms with van der Waals surface area (Å²) in [5, 5.41) is 0. The fourth-order valence-corrected chi connectivity index (χ4v) is 10.8. The van der Waals surface area contributed by atoms with Gasteiger partial charge in [0, 0.05) is 0 Å². The molecule has 0 atom stereocenters. The van der Waals surface area contributed by atoms with Gasteiger partial charge in [0.15, 0.2) is 0 Å². The summed E-state index contributed by atoms with van der Waals surface area (Å²) in [6, 6.07) is 20.1. The van der Waals surface area contributed by atoms with Crippen molar-refractivity contribution in [2.24, 2.45) is 5.41 Å². The Balaban J connectivity index is 2.23. The van der Waals surface area contributed by atoms with Gasteiger partial charge in [-0.3, -0.25) is 0 Å². The Morgan fingerprint density at radius 2 is 1.48 bits per heavy atom. The second-order valence-electron chi connectivity index (χ2n) is 6.39. The number of benzene rings is 2. The van der Waals surface area contributed by atoms with Crippen molar-refractivity contribution in [3.63, 3.8) is 0 Å². The van der Waals surface area contributed by atoms with Crippen LogP contribution in [0.15, 0.2) is 70.3 Å². The fourth-order valence-electron chi connectivity index (χ4n) is 2.72. The van der Waals surface area contributed by atoms with Crippen LogP contribution in [0.2, 0.25) is 0 Å². The number of fused-ring (bicyclic) bond motifs is 1. The molecule has 0 aliphatic carbocycles. The fraction of sp³-hybridized carbons (Fsp3) is 0.200. The molecule has 1 aliphatic rings. The average Bonchev–Trinajstić information content (AvgIpc) is 2.67. The summed E-state index contributed by atoms with van der Waals surface area (Å²) >= 11 is -1.91. The summed E-state index contributed by atoms with van der Waals surface area (Å²) in [6.45, 7) is 7.04. The van der Waals surface area contributed by atoms with Gasteiger partial charge >= 0.3 is 135 Å². The summed E-state index contributed by atoms with van der Waals surface area (Å²) < 4.78 is 4.79. The van der Waals surface area contributed by atoms with Gasteiger partial charge in [0.05, 0.1) is 0 Å². The molecule has 106 valence electrons. The Labute approximate surface area is 135 Å². The maximum absolute atomic E-state index is 2.38. The van der Waals surface area contributed by atoms with Gasteiger partial charge in [-0.15, -0.1) is 0 Å². The molecule has 0 radical (unpaired) electrons. The Hall–Kier alpha value is -1.26. The zero-order valence-electron chi connectivity index (χ0n) is 12.9. The summed E-state index contributed by atoms with van der Waals surface area (Å²) in [5.41, 5.74) is 1.63. The molecule has 1 heteroatoms. The number of hydrogen-bond acceptors (Lipinski definition) is 0. The molecule has 0 spiro atoms. The molecular formula is C20H21Sb. The van der Waals surface area contributed by atoms with Gasteiger partial charge in [-0.05, 0) is 0 Å². The Bertz CT molecular complexity index is 687. The van der Waals surface area contributed by atoms with Gasteiger partial charge in [0.2, 0.25) is 0 Å². The summed E-state index contributed by atoms with van der Waals surface area (Å²) in [6.07, 6.45) is 6.90. The molecule has 0 N–H and O–H groups in total. The molecule has 21 heavy (non-hydrogen) atoms. The molecular weight excluding hydrogens is 362 g/mol. The van der Waals surface area contributed by atoms with Crippen LogP contribution >= 0.6 is 0 Å². The minimum absolute atomic E-state index is 0.223. The van der Waals surface area contributed by atoms with E-state index in [-0.39, 0.29) is 5.41 Å². The van der Waals surface area contributed by atoms with E-state index in [0.717, 1.165) is 0 Å². The molecule has 3 rings (SSSR count). The van der Waals surface area contributed by atoms with Crippen molar-refractivity contribution in [2.75, 3.05) is 0 Å². The van der Waals surface area contributed by atoms with Crippen LogP contribution in [-0.4, -0.2) is 20.2 Å². The van der Waals surface area contributed by atoms with Crippen LogP contribution < -0.4 is 7.02 Å². The molecule has 0 nitrogen and oxygen atoms in total. The summed E-state index contributed by atoms with van der Waals surface area (Å²) in [7, 11) is 0. The Kier molecular flexibility index (Phi) is 4.09. The summed E-state index contributed by atoms with van der Waals surface area (Å²) in [5.74, 6) is 0. The van der Waals surface area contributed by atoms with E-state index in [1.54, 1.807) is 10.5 Å². The van der Waals surface area contributed by atoms with Gasteiger partial charge < -0.3 is 0 Å².